The molecular weight excluding hydrogens is 495 g/mol. The fraction of sp³-hybridized carbons (Fsp3) is 0.348. The highest BCUT2D eigenvalue weighted by Crippen LogP contribution is 2.26. The number of ether oxygens (including phenoxy) is 1. The minimum atomic E-state index is -0.620. The van der Waals surface area contributed by atoms with Crippen LogP contribution in [0, 0.1) is 13.5 Å². The number of aliphatic hydroxyl groups excluding tert-OH is 1. The molecule has 3 aromatic rings. The van der Waals surface area contributed by atoms with E-state index in [1.807, 2.05) is 30.0 Å². The number of aromatic nitrogens is 1. The average Bonchev–Trinajstić information content (AvgIpc) is 3.19. The Balaban J connectivity index is 1.26. The number of β-amino-alcohol motifs (C(OH)–C–C–N with tert-alkyl or cyclic N) is 1. The van der Waals surface area contributed by atoms with Crippen molar-refractivity contribution in [3.8, 4) is 5.75 Å². The first kappa shape index (κ1) is 24.5. The van der Waals surface area contributed by atoms with Crippen molar-refractivity contribution in [3.63, 3.8) is 0 Å². The van der Waals surface area contributed by atoms with Crippen LogP contribution < -0.4 is 10.1 Å². The predicted molar refractivity (Wildman–Crippen MR) is 138 cm³/mol. The van der Waals surface area contributed by atoms with Crippen LogP contribution in [0.15, 0.2) is 41.5 Å². The van der Waals surface area contributed by atoms with Crippen molar-refractivity contribution in [2.45, 2.75) is 13.0 Å². The second-order valence-corrected chi connectivity index (χ2v) is 9.94. The van der Waals surface area contributed by atoms with Crippen molar-refractivity contribution in [3.05, 3.63) is 63.0 Å². The summed E-state index contributed by atoms with van der Waals surface area (Å²) < 4.78 is 6.92. The molecule has 0 spiro atoms. The molecule has 11 heteroatoms. The van der Waals surface area contributed by atoms with Crippen molar-refractivity contribution >= 4 is 56.4 Å². The largest absolute Gasteiger partial charge is 0.491 e. The van der Waals surface area contributed by atoms with E-state index in [1.54, 1.807) is 29.5 Å². The van der Waals surface area contributed by atoms with E-state index < -0.39 is 6.10 Å². The molecule has 1 aliphatic rings. The Morgan fingerprint density at radius 1 is 1.24 bits per heavy atom. The zero-order chi connectivity index (χ0) is 24.1. The molecule has 2 aromatic carbocycles. The van der Waals surface area contributed by atoms with Crippen LogP contribution in [0.2, 0.25) is 10.0 Å². The Morgan fingerprint density at radius 3 is 2.76 bits per heavy atom. The second-order valence-electron chi connectivity index (χ2n) is 7.89. The molecule has 34 heavy (non-hydrogen) atoms. The summed E-state index contributed by atoms with van der Waals surface area (Å²) in [6.07, 6.45) is -0.620. The SMILES string of the molecule is [C-]#[N+]N=C(Nc1ccc(Cl)c(Cl)c1)N1CCN(C[C@@H](O)COc2ccc3sc(C)nc3c2)CC1. The summed E-state index contributed by atoms with van der Waals surface area (Å²) in [5.74, 6) is 1.17. The number of halogens is 2. The van der Waals surface area contributed by atoms with Gasteiger partial charge in [-0.1, -0.05) is 23.2 Å². The fourth-order valence-electron chi connectivity index (χ4n) is 3.72. The highest BCUT2D eigenvalue weighted by Gasteiger charge is 2.23. The van der Waals surface area contributed by atoms with Crippen LogP contribution in [0.25, 0.3) is 15.2 Å². The molecule has 1 aliphatic heterocycles. The Bertz CT molecular complexity index is 1220. The van der Waals surface area contributed by atoms with Gasteiger partial charge in [0.05, 0.1) is 25.3 Å². The Morgan fingerprint density at radius 2 is 2.03 bits per heavy atom. The first-order valence-corrected chi connectivity index (χ1v) is 12.3. The number of benzene rings is 2. The van der Waals surface area contributed by atoms with Gasteiger partial charge in [-0.2, -0.15) is 6.57 Å². The number of anilines is 1. The first-order chi connectivity index (χ1) is 16.4. The van der Waals surface area contributed by atoms with Gasteiger partial charge >= 0.3 is 0 Å². The number of piperazine rings is 1. The van der Waals surface area contributed by atoms with E-state index in [4.69, 9.17) is 34.5 Å². The predicted octanol–water partition coefficient (Wildman–Crippen LogP) is 4.57. The van der Waals surface area contributed by atoms with Gasteiger partial charge in [-0.05, 0) is 37.3 Å². The van der Waals surface area contributed by atoms with Crippen LogP contribution in [0.1, 0.15) is 5.01 Å². The summed E-state index contributed by atoms with van der Waals surface area (Å²) in [5.41, 5.74) is 1.62. The monoisotopic (exact) mass is 518 g/mol. The Labute approximate surface area is 212 Å². The summed E-state index contributed by atoms with van der Waals surface area (Å²) in [6, 6.07) is 11.0. The number of hydrogen-bond donors (Lipinski definition) is 2. The molecule has 1 aromatic heterocycles. The van der Waals surface area contributed by atoms with E-state index in [-0.39, 0.29) is 6.61 Å². The lowest BCUT2D eigenvalue weighted by molar-refractivity contribution is 0.0556. The van der Waals surface area contributed by atoms with Crippen LogP contribution in [0.4, 0.5) is 5.69 Å². The number of nitrogens with one attached hydrogen (secondary N) is 1. The molecule has 0 saturated carbocycles. The quantitative estimate of drug-likeness (QED) is 0.215. The highest BCUT2D eigenvalue weighted by atomic mass is 35.5. The number of nitrogens with zero attached hydrogens (tertiary/aromatic N) is 5. The summed E-state index contributed by atoms with van der Waals surface area (Å²) in [7, 11) is 0. The van der Waals surface area contributed by atoms with Crippen molar-refractivity contribution < 1.29 is 9.84 Å². The number of fused-ring (bicyclic) bond motifs is 1. The van der Waals surface area contributed by atoms with Gasteiger partial charge in [0.15, 0.2) is 0 Å². The van der Waals surface area contributed by atoms with E-state index in [9.17, 15) is 5.11 Å². The lowest BCUT2D eigenvalue weighted by Crippen LogP contribution is -2.52. The van der Waals surface area contributed by atoms with Gasteiger partial charge in [-0.25, -0.2) is 4.98 Å². The molecule has 0 bridgehead atoms. The van der Waals surface area contributed by atoms with E-state index in [0.717, 1.165) is 28.3 Å². The number of hydrogen-bond acceptors (Lipinski definition) is 6. The molecule has 0 unspecified atom stereocenters. The van der Waals surface area contributed by atoms with Gasteiger partial charge in [-0.3, -0.25) is 4.90 Å². The molecule has 0 radical (unpaired) electrons. The second kappa shape index (κ2) is 11.2. The minimum Gasteiger partial charge on any atom is -0.491 e. The van der Waals surface area contributed by atoms with Gasteiger partial charge in [0, 0.05) is 44.5 Å². The summed E-state index contributed by atoms with van der Waals surface area (Å²) in [4.78, 5) is 11.8. The average molecular weight is 519 g/mol. The topological polar surface area (TPSA) is 77.6 Å². The maximum atomic E-state index is 10.5. The number of rotatable bonds is 6. The lowest BCUT2D eigenvalue weighted by Gasteiger charge is -2.36. The number of guanidine groups is 1. The molecule has 0 amide bonds. The minimum absolute atomic E-state index is 0.207. The summed E-state index contributed by atoms with van der Waals surface area (Å²) in [6.45, 7) is 12.6. The third-order valence-corrected chi connectivity index (χ3v) is 7.06. The molecule has 4 rings (SSSR count). The highest BCUT2D eigenvalue weighted by molar-refractivity contribution is 7.18. The van der Waals surface area contributed by atoms with Crippen LogP contribution in [-0.2, 0) is 0 Å². The lowest BCUT2D eigenvalue weighted by atomic mass is 10.2. The maximum absolute atomic E-state index is 10.5. The maximum Gasteiger partial charge on any atom is 0.285 e. The fourth-order valence-corrected chi connectivity index (χ4v) is 4.82. The van der Waals surface area contributed by atoms with Crippen LogP contribution in [0.3, 0.4) is 0 Å². The Hall–Kier alpha value is -2.61. The number of aryl methyl sites for hydroxylation is 1. The smallest absolute Gasteiger partial charge is 0.285 e. The van der Waals surface area contributed by atoms with Crippen LogP contribution >= 0.6 is 34.5 Å². The van der Waals surface area contributed by atoms with E-state index in [1.165, 1.54) is 0 Å². The molecular formula is C23H24Cl2N6O2S. The molecule has 2 heterocycles. The van der Waals surface area contributed by atoms with E-state index in [2.05, 4.69) is 25.3 Å². The first-order valence-electron chi connectivity index (χ1n) is 10.7. The van der Waals surface area contributed by atoms with Crippen molar-refractivity contribution in [2.24, 2.45) is 5.10 Å². The van der Waals surface area contributed by atoms with Crippen molar-refractivity contribution in [2.75, 3.05) is 44.6 Å². The third kappa shape index (κ3) is 6.29. The van der Waals surface area contributed by atoms with E-state index >= 15 is 0 Å². The Kier molecular flexibility index (Phi) is 8.08. The molecule has 178 valence electrons. The van der Waals surface area contributed by atoms with Gasteiger partial charge in [0.1, 0.15) is 23.6 Å². The van der Waals surface area contributed by atoms with Gasteiger partial charge in [-0.15, -0.1) is 16.3 Å². The molecule has 1 fully saturated rings. The molecule has 0 aliphatic carbocycles. The standard InChI is InChI=1S/C23H24Cl2N6O2S/c1-15-27-21-12-18(4-6-22(21)34-15)33-14-17(32)13-30-7-9-31(10-8-30)23(29-26-2)28-16-3-5-19(24)20(25)11-16/h3-6,11-12,17,32H,7-10,13-14H2,1H3,(H,28,29)/t17-/m1/s1. The third-order valence-electron chi connectivity index (χ3n) is 5.37. The molecule has 1 atom stereocenters. The zero-order valence-corrected chi connectivity index (χ0v) is 20.9. The summed E-state index contributed by atoms with van der Waals surface area (Å²) >= 11 is 13.7. The van der Waals surface area contributed by atoms with Crippen molar-refractivity contribution in [1.82, 2.24) is 14.8 Å². The molecule has 1 saturated heterocycles. The summed E-state index contributed by atoms with van der Waals surface area (Å²) in [5, 5.41) is 19.5. The van der Waals surface area contributed by atoms with Gasteiger partial charge in [0.2, 0.25) is 0 Å². The van der Waals surface area contributed by atoms with Crippen LogP contribution in [-0.4, -0.2) is 71.3 Å². The normalized spacial score (nSPS) is 15.9. The van der Waals surface area contributed by atoms with Crippen LogP contribution in [0.5, 0.6) is 5.75 Å². The van der Waals surface area contributed by atoms with Gasteiger partial charge < -0.3 is 20.1 Å². The van der Waals surface area contributed by atoms with Gasteiger partial charge in [0.25, 0.3) is 5.96 Å². The number of thiazole rings is 1. The van der Waals surface area contributed by atoms with Crippen molar-refractivity contribution in [1.29, 1.82) is 0 Å². The van der Waals surface area contributed by atoms with E-state index in [0.29, 0.717) is 47.1 Å². The molecule has 2 N–H and O–H groups in total. The number of aliphatic hydroxyl groups is 1. The zero-order valence-electron chi connectivity index (χ0n) is 18.5. The molecule has 8 nitrogen and oxygen atoms in total.